The Morgan fingerprint density at radius 2 is 1.92 bits per heavy atom. The first-order chi connectivity index (χ1) is 11.3. The minimum absolute atomic E-state index is 0.0530. The molecule has 2 amide bonds. The quantitative estimate of drug-likeness (QED) is 0.383. The Hall–Kier alpha value is -1.43. The number of hydrogen-bond donors (Lipinski definition) is 0. The fourth-order valence-corrected chi connectivity index (χ4v) is 4.92. The molecule has 3 atom stereocenters. The minimum Gasteiger partial charge on any atom is -0.274 e. The van der Waals surface area contributed by atoms with Crippen molar-refractivity contribution >= 4 is 40.1 Å². The molecule has 1 saturated carbocycles. The number of nitrogens with zero attached hydrogens (tertiary/aromatic N) is 1. The van der Waals surface area contributed by atoms with Gasteiger partial charge in [-0.3, -0.25) is 14.5 Å². The SMILES string of the molecule is C=CC1C(=C(C)C)C(C)CC12CC(=O)N(c1ccc(I)cc1)C2=O. The molecule has 0 bridgehead atoms. The lowest BCUT2D eigenvalue weighted by atomic mass is 9.75. The van der Waals surface area contributed by atoms with Gasteiger partial charge in [0, 0.05) is 15.9 Å². The van der Waals surface area contributed by atoms with Gasteiger partial charge < -0.3 is 0 Å². The lowest BCUT2D eigenvalue weighted by molar-refractivity contribution is -0.126. The van der Waals surface area contributed by atoms with E-state index in [1.54, 1.807) is 0 Å². The lowest BCUT2D eigenvalue weighted by Gasteiger charge is -2.27. The number of anilines is 1. The van der Waals surface area contributed by atoms with Crippen molar-refractivity contribution in [2.24, 2.45) is 17.3 Å². The number of hydrogen-bond acceptors (Lipinski definition) is 2. The first kappa shape index (κ1) is 17.4. The van der Waals surface area contributed by atoms with Crippen LogP contribution in [-0.4, -0.2) is 11.8 Å². The molecule has 1 heterocycles. The van der Waals surface area contributed by atoms with Crippen molar-refractivity contribution < 1.29 is 9.59 Å². The molecule has 3 rings (SSSR count). The number of benzene rings is 1. The number of carbonyl (C=O) groups excluding carboxylic acids is 2. The van der Waals surface area contributed by atoms with Crippen LogP contribution in [0.2, 0.25) is 0 Å². The number of halogens is 1. The summed E-state index contributed by atoms with van der Waals surface area (Å²) in [6, 6.07) is 7.54. The maximum atomic E-state index is 13.3. The van der Waals surface area contributed by atoms with Crippen LogP contribution in [0.25, 0.3) is 0 Å². The van der Waals surface area contributed by atoms with Crippen LogP contribution in [0.1, 0.15) is 33.6 Å². The molecule has 126 valence electrons. The standard InChI is InChI=1S/C20H22INO2/c1-5-16-18(12(2)3)13(4)10-20(16)11-17(23)22(19(20)24)15-8-6-14(21)7-9-15/h5-9,13,16H,1,10-11H2,2-4H3. The molecule has 1 saturated heterocycles. The van der Waals surface area contributed by atoms with E-state index in [4.69, 9.17) is 0 Å². The molecular weight excluding hydrogens is 413 g/mol. The van der Waals surface area contributed by atoms with Gasteiger partial charge in [-0.15, -0.1) is 6.58 Å². The number of carbonyl (C=O) groups is 2. The van der Waals surface area contributed by atoms with Crippen molar-refractivity contribution in [2.45, 2.75) is 33.6 Å². The average Bonchev–Trinajstić information content (AvgIpc) is 2.94. The summed E-state index contributed by atoms with van der Waals surface area (Å²) in [7, 11) is 0. The number of amides is 2. The topological polar surface area (TPSA) is 37.4 Å². The predicted octanol–water partition coefficient (Wildman–Crippen LogP) is 4.72. The summed E-state index contributed by atoms with van der Waals surface area (Å²) in [6.45, 7) is 10.3. The summed E-state index contributed by atoms with van der Waals surface area (Å²) in [5.41, 5.74) is 2.52. The van der Waals surface area contributed by atoms with Crippen LogP contribution < -0.4 is 4.90 Å². The Morgan fingerprint density at radius 3 is 2.46 bits per heavy atom. The van der Waals surface area contributed by atoms with Crippen LogP contribution in [0.15, 0.2) is 48.1 Å². The lowest BCUT2D eigenvalue weighted by Crippen LogP contribution is -2.37. The van der Waals surface area contributed by atoms with Gasteiger partial charge in [0.25, 0.3) is 0 Å². The summed E-state index contributed by atoms with van der Waals surface area (Å²) in [4.78, 5) is 27.5. The summed E-state index contributed by atoms with van der Waals surface area (Å²) >= 11 is 2.22. The van der Waals surface area contributed by atoms with Crippen LogP contribution in [-0.2, 0) is 9.59 Å². The van der Waals surface area contributed by atoms with Crippen LogP contribution in [0.4, 0.5) is 5.69 Å². The van der Waals surface area contributed by atoms with Gasteiger partial charge in [-0.05, 0) is 73.0 Å². The van der Waals surface area contributed by atoms with E-state index in [0.717, 1.165) is 9.99 Å². The molecule has 24 heavy (non-hydrogen) atoms. The molecule has 3 nitrogen and oxygen atoms in total. The van der Waals surface area contributed by atoms with Crippen molar-refractivity contribution in [3.05, 3.63) is 51.6 Å². The maximum Gasteiger partial charge on any atom is 0.241 e. The molecule has 3 unspecified atom stereocenters. The highest BCUT2D eigenvalue weighted by Gasteiger charge is 2.60. The molecule has 0 aromatic heterocycles. The van der Waals surface area contributed by atoms with E-state index in [0.29, 0.717) is 11.6 Å². The third-order valence-corrected chi connectivity index (χ3v) is 6.09. The first-order valence-corrected chi connectivity index (χ1v) is 9.32. The summed E-state index contributed by atoms with van der Waals surface area (Å²) in [5, 5.41) is 0. The Labute approximate surface area is 156 Å². The van der Waals surface area contributed by atoms with E-state index < -0.39 is 5.41 Å². The van der Waals surface area contributed by atoms with Gasteiger partial charge >= 0.3 is 0 Å². The molecule has 4 heteroatoms. The van der Waals surface area contributed by atoms with Crippen LogP contribution in [0, 0.1) is 20.8 Å². The monoisotopic (exact) mass is 435 g/mol. The molecule has 2 fully saturated rings. The van der Waals surface area contributed by atoms with Gasteiger partial charge in [-0.2, -0.15) is 0 Å². The summed E-state index contributed by atoms with van der Waals surface area (Å²) < 4.78 is 1.08. The fraction of sp³-hybridized carbons (Fsp3) is 0.400. The second kappa shape index (κ2) is 6.14. The maximum absolute atomic E-state index is 13.3. The Bertz CT molecular complexity index is 745. The zero-order valence-corrected chi connectivity index (χ0v) is 16.5. The number of rotatable bonds is 2. The van der Waals surface area contributed by atoms with Crippen molar-refractivity contribution in [3.63, 3.8) is 0 Å². The van der Waals surface area contributed by atoms with Gasteiger partial charge in [0.05, 0.1) is 11.1 Å². The van der Waals surface area contributed by atoms with E-state index in [1.165, 1.54) is 16.0 Å². The van der Waals surface area contributed by atoms with E-state index >= 15 is 0 Å². The molecule has 0 radical (unpaired) electrons. The Kier molecular flexibility index (Phi) is 4.45. The number of imide groups is 1. The molecule has 1 aliphatic carbocycles. The zero-order valence-electron chi connectivity index (χ0n) is 14.3. The van der Waals surface area contributed by atoms with E-state index in [2.05, 4.69) is 49.9 Å². The zero-order chi connectivity index (χ0) is 17.6. The third kappa shape index (κ3) is 2.46. The molecule has 0 N–H and O–H groups in total. The molecule has 2 aliphatic rings. The van der Waals surface area contributed by atoms with Crippen molar-refractivity contribution in [2.75, 3.05) is 4.90 Å². The second-order valence-corrected chi connectivity index (χ2v) is 8.36. The smallest absolute Gasteiger partial charge is 0.241 e. The molecule has 1 aromatic rings. The highest BCUT2D eigenvalue weighted by atomic mass is 127. The Morgan fingerprint density at radius 1 is 1.29 bits per heavy atom. The predicted molar refractivity (Wildman–Crippen MR) is 105 cm³/mol. The fourth-order valence-electron chi connectivity index (χ4n) is 4.56. The molecular formula is C20H22INO2. The highest BCUT2D eigenvalue weighted by Crippen LogP contribution is 2.57. The summed E-state index contributed by atoms with van der Waals surface area (Å²) in [6.07, 6.45) is 2.86. The largest absolute Gasteiger partial charge is 0.274 e. The first-order valence-electron chi connectivity index (χ1n) is 8.24. The van der Waals surface area contributed by atoms with E-state index in [-0.39, 0.29) is 24.2 Å². The molecule has 1 aliphatic heterocycles. The van der Waals surface area contributed by atoms with Crippen LogP contribution >= 0.6 is 22.6 Å². The molecule has 1 spiro atoms. The summed E-state index contributed by atoms with van der Waals surface area (Å²) in [5.74, 6) is 0.0752. The van der Waals surface area contributed by atoms with Gasteiger partial charge in [0.15, 0.2) is 0 Å². The minimum atomic E-state index is -0.659. The molecule has 1 aromatic carbocycles. The number of allylic oxidation sites excluding steroid dienone is 3. The van der Waals surface area contributed by atoms with Crippen molar-refractivity contribution in [1.82, 2.24) is 0 Å². The van der Waals surface area contributed by atoms with Gasteiger partial charge in [0.1, 0.15) is 0 Å². The second-order valence-electron chi connectivity index (χ2n) is 7.12. The van der Waals surface area contributed by atoms with Gasteiger partial charge in [0.2, 0.25) is 11.8 Å². The third-order valence-electron chi connectivity index (χ3n) is 5.37. The van der Waals surface area contributed by atoms with Crippen molar-refractivity contribution in [1.29, 1.82) is 0 Å². The van der Waals surface area contributed by atoms with Crippen LogP contribution in [0.3, 0.4) is 0 Å². The normalized spacial score (nSPS) is 29.7. The van der Waals surface area contributed by atoms with Crippen LogP contribution in [0.5, 0.6) is 0 Å². The average molecular weight is 435 g/mol. The highest BCUT2D eigenvalue weighted by molar-refractivity contribution is 14.1. The van der Waals surface area contributed by atoms with Crippen molar-refractivity contribution in [3.8, 4) is 0 Å². The van der Waals surface area contributed by atoms with E-state index in [9.17, 15) is 9.59 Å². The van der Waals surface area contributed by atoms with E-state index in [1.807, 2.05) is 30.3 Å². The van der Waals surface area contributed by atoms with Gasteiger partial charge in [-0.1, -0.05) is 24.1 Å². The Balaban J connectivity index is 2.06. The van der Waals surface area contributed by atoms with Gasteiger partial charge in [-0.25, -0.2) is 0 Å².